The van der Waals surface area contributed by atoms with Gasteiger partial charge in [-0.15, -0.1) is 11.3 Å². The summed E-state index contributed by atoms with van der Waals surface area (Å²) in [4.78, 5) is 17.1. The van der Waals surface area contributed by atoms with Gasteiger partial charge in [0.2, 0.25) is 0 Å². The van der Waals surface area contributed by atoms with Crippen LogP contribution in [0.3, 0.4) is 0 Å². The summed E-state index contributed by atoms with van der Waals surface area (Å²) in [6.45, 7) is 5.21. The zero-order valence-electron chi connectivity index (χ0n) is 14.0. The molecule has 1 aliphatic rings. The highest BCUT2D eigenvalue weighted by Gasteiger charge is 2.33. The molecular weight excluding hydrogens is 373 g/mol. The summed E-state index contributed by atoms with van der Waals surface area (Å²) in [5, 5.41) is 0.719. The second-order valence-corrected chi connectivity index (χ2v) is 7.96. The van der Waals surface area contributed by atoms with E-state index in [-0.39, 0.29) is 23.0 Å². The van der Waals surface area contributed by atoms with Crippen molar-refractivity contribution in [1.82, 2.24) is 9.80 Å². The van der Waals surface area contributed by atoms with Crippen molar-refractivity contribution in [3.05, 3.63) is 33.7 Å². The molecule has 1 fully saturated rings. The average molecular weight is 391 g/mol. The lowest BCUT2D eigenvalue weighted by molar-refractivity contribution is -0.137. The van der Waals surface area contributed by atoms with Crippen LogP contribution in [0.2, 0.25) is 5.02 Å². The number of hydrogen-bond donors (Lipinski definition) is 0. The number of benzene rings is 1. The molecule has 0 aliphatic carbocycles. The van der Waals surface area contributed by atoms with E-state index < -0.39 is 11.7 Å². The maximum absolute atomic E-state index is 12.9. The van der Waals surface area contributed by atoms with Crippen LogP contribution in [0.4, 0.5) is 13.2 Å². The minimum absolute atomic E-state index is 0.206. The van der Waals surface area contributed by atoms with E-state index in [1.54, 1.807) is 4.90 Å². The highest BCUT2D eigenvalue weighted by molar-refractivity contribution is 7.21. The molecule has 0 unspecified atom stereocenters. The minimum Gasteiger partial charge on any atom is -0.335 e. The predicted octanol–water partition coefficient (Wildman–Crippen LogP) is 4.74. The summed E-state index contributed by atoms with van der Waals surface area (Å²) < 4.78 is 39.0. The van der Waals surface area contributed by atoms with E-state index >= 15 is 0 Å². The zero-order chi connectivity index (χ0) is 18.5. The molecule has 2 aromatic rings. The van der Waals surface area contributed by atoms with Crippen LogP contribution in [0.1, 0.15) is 29.1 Å². The molecule has 25 heavy (non-hydrogen) atoms. The number of thiophene rings is 1. The molecule has 8 heteroatoms. The molecule has 0 N–H and O–H groups in total. The summed E-state index contributed by atoms with van der Waals surface area (Å²) in [6, 6.07) is 3.80. The molecule has 0 saturated carbocycles. The Balaban J connectivity index is 1.95. The standard InChI is InChI=1S/C17H18ClF3N2OS/c1-9-7-23(8-10(2)22(9)3)16(24)15-14(18)12-5-4-11(17(19,20)21)6-13(12)25-15/h4-6,9-10H,7-8H2,1-3H3/t9-,10+. The number of amides is 1. The van der Waals surface area contributed by atoms with Crippen molar-refractivity contribution < 1.29 is 18.0 Å². The first-order chi connectivity index (χ1) is 11.6. The summed E-state index contributed by atoms with van der Waals surface area (Å²) in [6.07, 6.45) is -4.42. The monoisotopic (exact) mass is 390 g/mol. The van der Waals surface area contributed by atoms with Crippen molar-refractivity contribution in [2.75, 3.05) is 20.1 Å². The van der Waals surface area contributed by atoms with E-state index in [9.17, 15) is 18.0 Å². The van der Waals surface area contributed by atoms with E-state index in [4.69, 9.17) is 11.6 Å². The van der Waals surface area contributed by atoms with Crippen LogP contribution in [0.5, 0.6) is 0 Å². The van der Waals surface area contributed by atoms with Crippen molar-refractivity contribution in [2.24, 2.45) is 0 Å². The molecule has 2 heterocycles. The van der Waals surface area contributed by atoms with E-state index in [0.717, 1.165) is 23.5 Å². The van der Waals surface area contributed by atoms with Crippen molar-refractivity contribution in [2.45, 2.75) is 32.1 Å². The minimum atomic E-state index is -4.42. The Hall–Kier alpha value is -1.31. The zero-order valence-corrected chi connectivity index (χ0v) is 15.6. The number of carbonyl (C=O) groups is 1. The van der Waals surface area contributed by atoms with Gasteiger partial charge in [-0.3, -0.25) is 9.69 Å². The molecule has 2 atom stereocenters. The van der Waals surface area contributed by atoms with Crippen LogP contribution < -0.4 is 0 Å². The highest BCUT2D eigenvalue weighted by Crippen LogP contribution is 2.40. The molecule has 0 spiro atoms. The van der Waals surface area contributed by atoms with Gasteiger partial charge in [0.1, 0.15) is 4.88 Å². The topological polar surface area (TPSA) is 23.6 Å². The number of rotatable bonds is 1. The van der Waals surface area contributed by atoms with E-state index in [2.05, 4.69) is 4.90 Å². The van der Waals surface area contributed by atoms with Gasteiger partial charge < -0.3 is 4.90 Å². The molecule has 1 saturated heterocycles. The van der Waals surface area contributed by atoms with Gasteiger partial charge in [-0.2, -0.15) is 13.2 Å². The first kappa shape index (κ1) is 18.5. The second kappa shape index (κ2) is 6.45. The fraction of sp³-hybridized carbons (Fsp3) is 0.471. The molecule has 1 aromatic carbocycles. The smallest absolute Gasteiger partial charge is 0.335 e. The first-order valence-corrected chi connectivity index (χ1v) is 9.09. The predicted molar refractivity (Wildman–Crippen MR) is 94.4 cm³/mol. The van der Waals surface area contributed by atoms with Crippen molar-refractivity contribution in [3.63, 3.8) is 0 Å². The highest BCUT2D eigenvalue weighted by atomic mass is 35.5. The van der Waals surface area contributed by atoms with Gasteiger partial charge in [-0.1, -0.05) is 17.7 Å². The molecule has 0 radical (unpaired) electrons. The molecular formula is C17H18ClF3N2OS. The van der Waals surface area contributed by atoms with Gasteiger partial charge in [0.05, 0.1) is 10.6 Å². The number of fused-ring (bicyclic) bond motifs is 1. The number of piperazine rings is 1. The first-order valence-electron chi connectivity index (χ1n) is 7.90. The second-order valence-electron chi connectivity index (χ2n) is 6.53. The van der Waals surface area contributed by atoms with Gasteiger partial charge in [0.25, 0.3) is 5.91 Å². The number of alkyl halides is 3. The number of likely N-dealkylation sites (N-methyl/N-ethyl adjacent to an activating group) is 1. The summed E-state index contributed by atoms with van der Waals surface area (Å²) in [5.74, 6) is -0.216. The van der Waals surface area contributed by atoms with Crippen LogP contribution >= 0.6 is 22.9 Å². The van der Waals surface area contributed by atoms with Gasteiger partial charge >= 0.3 is 6.18 Å². The Labute approximate surface area is 153 Å². The lowest BCUT2D eigenvalue weighted by Crippen LogP contribution is -2.56. The Morgan fingerprint density at radius 1 is 1.24 bits per heavy atom. The van der Waals surface area contributed by atoms with Crippen molar-refractivity contribution >= 4 is 38.9 Å². The fourth-order valence-corrected chi connectivity index (χ4v) is 4.61. The van der Waals surface area contributed by atoms with Crippen LogP contribution in [-0.4, -0.2) is 47.9 Å². The average Bonchev–Trinajstić information content (AvgIpc) is 2.87. The SMILES string of the molecule is C[C@@H]1CN(C(=O)c2sc3cc(C(F)(F)F)ccc3c2Cl)C[C@H](C)N1C. The molecule has 1 aliphatic heterocycles. The Bertz CT molecular complexity index is 808. The largest absolute Gasteiger partial charge is 0.416 e. The van der Waals surface area contributed by atoms with Gasteiger partial charge in [-0.05, 0) is 33.0 Å². The van der Waals surface area contributed by atoms with Crippen LogP contribution in [0, 0.1) is 0 Å². The fourth-order valence-electron chi connectivity index (χ4n) is 3.09. The van der Waals surface area contributed by atoms with E-state index in [0.29, 0.717) is 28.1 Å². The molecule has 1 amide bonds. The third kappa shape index (κ3) is 3.37. The summed E-state index contributed by atoms with van der Waals surface area (Å²) >= 11 is 7.33. The quantitative estimate of drug-likeness (QED) is 0.702. The Morgan fingerprint density at radius 2 is 1.84 bits per heavy atom. The molecule has 1 aromatic heterocycles. The number of halogens is 4. The van der Waals surface area contributed by atoms with Crippen molar-refractivity contribution in [3.8, 4) is 0 Å². The van der Waals surface area contributed by atoms with Crippen LogP contribution in [0.25, 0.3) is 10.1 Å². The Morgan fingerprint density at radius 3 is 2.40 bits per heavy atom. The summed E-state index contributed by atoms with van der Waals surface area (Å²) in [5.41, 5.74) is -0.737. The van der Waals surface area contributed by atoms with Gasteiger partial charge in [0.15, 0.2) is 0 Å². The van der Waals surface area contributed by atoms with Crippen LogP contribution in [0.15, 0.2) is 18.2 Å². The summed E-state index contributed by atoms with van der Waals surface area (Å²) in [7, 11) is 2.02. The lowest BCUT2D eigenvalue weighted by atomic mass is 10.1. The van der Waals surface area contributed by atoms with Crippen molar-refractivity contribution in [1.29, 1.82) is 0 Å². The van der Waals surface area contributed by atoms with E-state index in [1.807, 2.05) is 20.9 Å². The van der Waals surface area contributed by atoms with Crippen LogP contribution in [-0.2, 0) is 6.18 Å². The van der Waals surface area contributed by atoms with E-state index in [1.165, 1.54) is 6.07 Å². The van der Waals surface area contributed by atoms with Gasteiger partial charge in [-0.25, -0.2) is 0 Å². The molecule has 3 nitrogen and oxygen atoms in total. The molecule has 0 bridgehead atoms. The maximum Gasteiger partial charge on any atom is 0.416 e. The lowest BCUT2D eigenvalue weighted by Gasteiger charge is -2.42. The molecule has 3 rings (SSSR count). The number of hydrogen-bond acceptors (Lipinski definition) is 3. The Kier molecular flexibility index (Phi) is 4.77. The normalized spacial score (nSPS) is 22.6. The third-order valence-electron chi connectivity index (χ3n) is 4.80. The number of carbonyl (C=O) groups excluding carboxylic acids is 1. The molecule has 136 valence electrons. The number of nitrogens with zero attached hydrogens (tertiary/aromatic N) is 2. The van der Waals surface area contributed by atoms with Gasteiger partial charge in [0, 0.05) is 35.3 Å². The maximum atomic E-state index is 12.9. The third-order valence-corrected chi connectivity index (χ3v) is 6.44.